The number of rotatable bonds is 8. The predicted molar refractivity (Wildman–Crippen MR) is 74.2 cm³/mol. The lowest BCUT2D eigenvalue weighted by molar-refractivity contribution is 0.214. The van der Waals surface area contributed by atoms with Crippen LogP contribution in [0.4, 0.5) is 0 Å². The Balaban J connectivity index is 2.33. The lowest BCUT2D eigenvalue weighted by Crippen LogP contribution is -2.09. The Hall–Kier alpha value is -0.820. The predicted octanol–water partition coefficient (Wildman–Crippen LogP) is 4.12. The fraction of sp³-hybridized carbons (Fsp3) is 0.625. The molecule has 0 saturated carbocycles. The van der Waals surface area contributed by atoms with Gasteiger partial charge in [-0.1, -0.05) is 62.4 Å². The normalized spacial score (nSPS) is 12.6. The van der Waals surface area contributed by atoms with Crippen molar-refractivity contribution in [1.29, 1.82) is 0 Å². The van der Waals surface area contributed by atoms with E-state index in [1.807, 2.05) is 0 Å². The van der Waals surface area contributed by atoms with E-state index in [4.69, 9.17) is 0 Å². The number of aliphatic hydroxyl groups is 1. The third kappa shape index (κ3) is 5.88. The smallest absolute Gasteiger partial charge is 0.0462 e. The number of unbranched alkanes of at least 4 members (excludes halogenated alkanes) is 3. The molecule has 1 aromatic carbocycles. The molecular formula is C16H26O. The van der Waals surface area contributed by atoms with Crippen LogP contribution >= 0.6 is 0 Å². The monoisotopic (exact) mass is 234 g/mol. The van der Waals surface area contributed by atoms with Crippen LogP contribution in [0, 0.1) is 12.8 Å². The van der Waals surface area contributed by atoms with Crippen molar-refractivity contribution in [3.63, 3.8) is 0 Å². The van der Waals surface area contributed by atoms with Gasteiger partial charge in [-0.05, 0) is 31.2 Å². The van der Waals surface area contributed by atoms with E-state index < -0.39 is 0 Å². The summed E-state index contributed by atoms with van der Waals surface area (Å²) >= 11 is 0. The second-order valence-electron chi connectivity index (χ2n) is 5.09. The summed E-state index contributed by atoms with van der Waals surface area (Å²) in [5.74, 6) is 0.439. The Bertz CT molecular complexity index is 289. The number of hydrogen-bond donors (Lipinski definition) is 1. The van der Waals surface area contributed by atoms with Gasteiger partial charge in [0.25, 0.3) is 0 Å². The fourth-order valence-corrected chi connectivity index (χ4v) is 2.18. The second-order valence-corrected chi connectivity index (χ2v) is 5.09. The van der Waals surface area contributed by atoms with Crippen LogP contribution in [0.1, 0.15) is 50.2 Å². The molecule has 0 radical (unpaired) electrons. The Kier molecular flexibility index (Phi) is 6.95. The van der Waals surface area contributed by atoms with E-state index in [-0.39, 0.29) is 0 Å². The molecule has 96 valence electrons. The third-order valence-electron chi connectivity index (χ3n) is 3.37. The largest absolute Gasteiger partial charge is 0.396 e. The van der Waals surface area contributed by atoms with Crippen LogP contribution in [-0.2, 0) is 6.42 Å². The van der Waals surface area contributed by atoms with Crippen molar-refractivity contribution in [3.05, 3.63) is 35.4 Å². The Morgan fingerprint density at radius 1 is 1.06 bits per heavy atom. The molecule has 0 aliphatic carbocycles. The number of hydrogen-bond acceptors (Lipinski definition) is 1. The zero-order valence-electron chi connectivity index (χ0n) is 11.3. The Morgan fingerprint density at radius 2 is 1.76 bits per heavy atom. The molecule has 1 N–H and O–H groups in total. The molecule has 0 spiro atoms. The van der Waals surface area contributed by atoms with Crippen LogP contribution in [-0.4, -0.2) is 11.7 Å². The van der Waals surface area contributed by atoms with Crippen molar-refractivity contribution in [2.24, 2.45) is 5.92 Å². The van der Waals surface area contributed by atoms with Crippen LogP contribution in [0.3, 0.4) is 0 Å². The highest BCUT2D eigenvalue weighted by Gasteiger charge is 2.08. The maximum atomic E-state index is 9.40. The highest BCUT2D eigenvalue weighted by atomic mass is 16.3. The topological polar surface area (TPSA) is 20.2 Å². The van der Waals surface area contributed by atoms with Gasteiger partial charge in [0.1, 0.15) is 0 Å². The molecule has 0 aliphatic heterocycles. The zero-order chi connectivity index (χ0) is 12.5. The average Bonchev–Trinajstić information content (AvgIpc) is 2.35. The van der Waals surface area contributed by atoms with Crippen molar-refractivity contribution in [2.75, 3.05) is 6.61 Å². The van der Waals surface area contributed by atoms with E-state index in [2.05, 4.69) is 38.1 Å². The minimum atomic E-state index is 0.319. The molecule has 1 rings (SSSR count). The van der Waals surface area contributed by atoms with Crippen LogP contribution in [0.5, 0.6) is 0 Å². The summed E-state index contributed by atoms with van der Waals surface area (Å²) in [7, 11) is 0. The first kappa shape index (κ1) is 14.2. The summed E-state index contributed by atoms with van der Waals surface area (Å²) in [6.07, 6.45) is 7.34. The minimum Gasteiger partial charge on any atom is -0.396 e. The van der Waals surface area contributed by atoms with Crippen molar-refractivity contribution < 1.29 is 5.11 Å². The third-order valence-corrected chi connectivity index (χ3v) is 3.37. The molecule has 0 bridgehead atoms. The first-order valence-electron chi connectivity index (χ1n) is 6.92. The minimum absolute atomic E-state index is 0.319. The van der Waals surface area contributed by atoms with Gasteiger partial charge in [-0.3, -0.25) is 0 Å². The van der Waals surface area contributed by atoms with Crippen LogP contribution in [0.15, 0.2) is 24.3 Å². The maximum Gasteiger partial charge on any atom is 0.0462 e. The summed E-state index contributed by atoms with van der Waals surface area (Å²) in [4.78, 5) is 0. The van der Waals surface area contributed by atoms with Crippen molar-refractivity contribution >= 4 is 0 Å². The molecule has 0 aliphatic rings. The Labute approximate surface area is 106 Å². The molecular weight excluding hydrogens is 208 g/mol. The number of benzene rings is 1. The second kappa shape index (κ2) is 8.30. The molecule has 1 atom stereocenters. The van der Waals surface area contributed by atoms with E-state index >= 15 is 0 Å². The van der Waals surface area contributed by atoms with Crippen LogP contribution < -0.4 is 0 Å². The molecule has 1 nitrogen and oxygen atoms in total. The first-order valence-corrected chi connectivity index (χ1v) is 6.92. The highest BCUT2D eigenvalue weighted by Crippen LogP contribution is 2.16. The summed E-state index contributed by atoms with van der Waals surface area (Å²) in [6.45, 7) is 4.66. The van der Waals surface area contributed by atoms with Gasteiger partial charge >= 0.3 is 0 Å². The van der Waals surface area contributed by atoms with E-state index in [1.54, 1.807) is 0 Å². The van der Waals surface area contributed by atoms with Gasteiger partial charge in [-0.25, -0.2) is 0 Å². The SMILES string of the molecule is CCCCCCC(CO)Cc1ccc(C)cc1. The molecule has 0 amide bonds. The summed E-state index contributed by atoms with van der Waals surface area (Å²) < 4.78 is 0. The number of aliphatic hydroxyl groups excluding tert-OH is 1. The summed E-state index contributed by atoms with van der Waals surface area (Å²) in [5.41, 5.74) is 2.65. The van der Waals surface area contributed by atoms with Gasteiger partial charge in [0.15, 0.2) is 0 Å². The van der Waals surface area contributed by atoms with Gasteiger partial charge in [0.2, 0.25) is 0 Å². The van der Waals surface area contributed by atoms with Gasteiger partial charge < -0.3 is 5.11 Å². The highest BCUT2D eigenvalue weighted by molar-refractivity contribution is 5.21. The molecule has 0 saturated heterocycles. The summed E-state index contributed by atoms with van der Waals surface area (Å²) in [5, 5.41) is 9.40. The molecule has 1 unspecified atom stereocenters. The van der Waals surface area contributed by atoms with Gasteiger partial charge in [-0.2, -0.15) is 0 Å². The van der Waals surface area contributed by atoms with Crippen LogP contribution in [0.2, 0.25) is 0 Å². The Morgan fingerprint density at radius 3 is 2.35 bits per heavy atom. The fourth-order valence-electron chi connectivity index (χ4n) is 2.18. The molecule has 17 heavy (non-hydrogen) atoms. The molecule has 0 heterocycles. The van der Waals surface area contributed by atoms with Crippen LogP contribution in [0.25, 0.3) is 0 Å². The molecule has 0 fully saturated rings. The average molecular weight is 234 g/mol. The van der Waals surface area contributed by atoms with Gasteiger partial charge in [0, 0.05) is 6.61 Å². The number of aryl methyl sites for hydroxylation is 1. The van der Waals surface area contributed by atoms with Gasteiger partial charge in [0.05, 0.1) is 0 Å². The van der Waals surface area contributed by atoms with Crippen molar-refractivity contribution in [3.8, 4) is 0 Å². The van der Waals surface area contributed by atoms with Crippen molar-refractivity contribution in [2.45, 2.75) is 52.4 Å². The van der Waals surface area contributed by atoms with Crippen molar-refractivity contribution in [1.82, 2.24) is 0 Å². The lowest BCUT2D eigenvalue weighted by Gasteiger charge is -2.14. The maximum absolute atomic E-state index is 9.40. The van der Waals surface area contributed by atoms with E-state index in [0.29, 0.717) is 12.5 Å². The lowest BCUT2D eigenvalue weighted by atomic mass is 9.94. The zero-order valence-corrected chi connectivity index (χ0v) is 11.3. The van der Waals surface area contributed by atoms with Gasteiger partial charge in [-0.15, -0.1) is 0 Å². The van der Waals surface area contributed by atoms with E-state index in [9.17, 15) is 5.11 Å². The van der Waals surface area contributed by atoms with E-state index in [1.165, 1.54) is 36.8 Å². The van der Waals surface area contributed by atoms with E-state index in [0.717, 1.165) is 12.8 Å². The molecule has 1 heteroatoms. The molecule has 0 aromatic heterocycles. The first-order chi connectivity index (χ1) is 8.26. The standard InChI is InChI=1S/C16H26O/c1-3-4-5-6-7-16(13-17)12-15-10-8-14(2)9-11-15/h8-11,16-17H,3-7,12-13H2,1-2H3. The summed E-state index contributed by atoms with van der Waals surface area (Å²) in [6, 6.07) is 8.68. The molecule has 1 aromatic rings. The quantitative estimate of drug-likeness (QED) is 0.671.